The molecule has 0 bridgehead atoms. The summed E-state index contributed by atoms with van der Waals surface area (Å²) in [5, 5.41) is 3.53. The smallest absolute Gasteiger partial charge is 0.356 e. The summed E-state index contributed by atoms with van der Waals surface area (Å²) in [4.78, 5) is 58.5. The van der Waals surface area contributed by atoms with Crippen LogP contribution in [0.15, 0.2) is 36.4 Å². The number of benzene rings is 1. The lowest BCUT2D eigenvalue weighted by Crippen LogP contribution is -2.55. The van der Waals surface area contributed by atoms with Crippen LogP contribution in [0.3, 0.4) is 0 Å². The number of hydrogen-bond acceptors (Lipinski definition) is 10. The van der Waals surface area contributed by atoms with E-state index in [1.807, 2.05) is 12.2 Å². The van der Waals surface area contributed by atoms with Crippen LogP contribution in [0.5, 0.6) is 11.5 Å². The number of rotatable bonds is 5. The first-order valence-corrected chi connectivity index (χ1v) is 14.6. The number of methoxy groups -OCH3 is 3. The van der Waals surface area contributed by atoms with Crippen molar-refractivity contribution in [2.45, 2.75) is 68.7 Å². The van der Waals surface area contributed by atoms with Gasteiger partial charge in [-0.15, -0.1) is 0 Å². The standard InChI is InChI=1S/C31H38N4O8/c1-40-19-11-12-21-23(13-19)33-24(29(38)41-2)15-26(21)43-20-14-25-27(36)34-31(30(39)42-3)16-18(31)9-7-5-4-6-8-10-22(32)28(37)35(25)17-20/h7,9,11-13,15,18,20,22,25H,4-6,8,10,14,16-17,32H2,1-3H3,(H,34,36)/b9-7-/t18-,20+,22-,25-,31+/m0/s1. The zero-order chi connectivity index (χ0) is 30.7. The first-order chi connectivity index (χ1) is 20.7. The van der Waals surface area contributed by atoms with Crippen molar-refractivity contribution in [2.75, 3.05) is 27.9 Å². The number of esters is 2. The van der Waals surface area contributed by atoms with Crippen molar-refractivity contribution in [3.05, 3.63) is 42.1 Å². The van der Waals surface area contributed by atoms with E-state index in [2.05, 4.69) is 10.3 Å². The maximum absolute atomic E-state index is 13.8. The number of hydrogen-bond donors (Lipinski definition) is 2. The molecule has 2 fully saturated rings. The molecule has 2 aliphatic heterocycles. The second-order valence-corrected chi connectivity index (χ2v) is 11.3. The van der Waals surface area contributed by atoms with Crippen LogP contribution in [0.25, 0.3) is 10.9 Å². The Morgan fingerprint density at radius 2 is 1.91 bits per heavy atom. The minimum Gasteiger partial charge on any atom is -0.497 e. The highest BCUT2D eigenvalue weighted by molar-refractivity contribution is 5.96. The van der Waals surface area contributed by atoms with E-state index in [0.29, 0.717) is 35.2 Å². The number of nitrogens with zero attached hydrogens (tertiary/aromatic N) is 2. The molecule has 12 heteroatoms. The Bertz CT molecular complexity index is 1440. The second-order valence-electron chi connectivity index (χ2n) is 11.3. The third-order valence-corrected chi connectivity index (χ3v) is 8.50. The Labute approximate surface area is 249 Å². The van der Waals surface area contributed by atoms with Gasteiger partial charge in [0, 0.05) is 29.9 Å². The molecule has 5 atom stereocenters. The predicted octanol–water partition coefficient (Wildman–Crippen LogP) is 2.27. The largest absolute Gasteiger partial charge is 0.497 e. The monoisotopic (exact) mass is 594 g/mol. The third-order valence-electron chi connectivity index (χ3n) is 8.50. The van der Waals surface area contributed by atoms with Gasteiger partial charge in [-0.1, -0.05) is 25.0 Å². The number of pyridine rings is 1. The maximum Gasteiger partial charge on any atom is 0.356 e. The molecule has 0 spiro atoms. The molecule has 3 N–H and O–H groups in total. The number of amides is 2. The Kier molecular flexibility index (Phi) is 8.86. The van der Waals surface area contributed by atoms with Crippen molar-refractivity contribution in [2.24, 2.45) is 11.7 Å². The van der Waals surface area contributed by atoms with E-state index in [4.69, 9.17) is 24.7 Å². The minimum absolute atomic E-state index is 0.0368. The molecule has 2 amide bonds. The van der Waals surface area contributed by atoms with Crippen LogP contribution in [0, 0.1) is 5.92 Å². The lowest BCUT2D eigenvalue weighted by Gasteiger charge is -2.28. The highest BCUT2D eigenvalue weighted by Gasteiger charge is 2.62. The van der Waals surface area contributed by atoms with E-state index in [-0.39, 0.29) is 30.5 Å². The summed E-state index contributed by atoms with van der Waals surface area (Å²) >= 11 is 0. The normalized spacial score (nSPS) is 28.4. The number of nitrogens with two attached hydrogens (primary N) is 1. The Balaban J connectivity index is 1.46. The topological polar surface area (TPSA) is 159 Å². The van der Waals surface area contributed by atoms with Crippen LogP contribution >= 0.6 is 0 Å². The summed E-state index contributed by atoms with van der Waals surface area (Å²) in [7, 11) is 4.08. The molecule has 43 heavy (non-hydrogen) atoms. The first kappa shape index (κ1) is 30.3. The van der Waals surface area contributed by atoms with E-state index >= 15 is 0 Å². The van der Waals surface area contributed by atoms with Gasteiger partial charge in [0.2, 0.25) is 11.8 Å². The van der Waals surface area contributed by atoms with Crippen LogP contribution in [-0.2, 0) is 23.9 Å². The van der Waals surface area contributed by atoms with Gasteiger partial charge in [-0.25, -0.2) is 14.6 Å². The van der Waals surface area contributed by atoms with Crippen molar-refractivity contribution in [1.29, 1.82) is 0 Å². The highest BCUT2D eigenvalue weighted by Crippen LogP contribution is 2.46. The number of fused-ring (bicyclic) bond motifs is 3. The Morgan fingerprint density at radius 1 is 1.09 bits per heavy atom. The molecule has 5 rings (SSSR count). The molecule has 1 aromatic heterocycles. The van der Waals surface area contributed by atoms with Gasteiger partial charge in [0.25, 0.3) is 0 Å². The highest BCUT2D eigenvalue weighted by atomic mass is 16.5. The molecule has 3 aliphatic rings. The predicted molar refractivity (Wildman–Crippen MR) is 155 cm³/mol. The lowest BCUT2D eigenvalue weighted by molar-refractivity contribution is -0.148. The summed E-state index contributed by atoms with van der Waals surface area (Å²) in [5.41, 5.74) is 5.65. The first-order valence-electron chi connectivity index (χ1n) is 14.6. The van der Waals surface area contributed by atoms with E-state index in [1.165, 1.54) is 32.3 Å². The average molecular weight is 595 g/mol. The Morgan fingerprint density at radius 3 is 2.65 bits per heavy atom. The summed E-state index contributed by atoms with van der Waals surface area (Å²) in [6.45, 7) is 0.0900. The average Bonchev–Trinajstić information content (AvgIpc) is 3.54. The zero-order valence-corrected chi connectivity index (χ0v) is 24.7. The van der Waals surface area contributed by atoms with Gasteiger partial charge in [0.05, 0.1) is 39.4 Å². The molecule has 3 heterocycles. The van der Waals surface area contributed by atoms with Gasteiger partial charge in [0.15, 0.2) is 5.69 Å². The molecule has 1 aliphatic carbocycles. The second kappa shape index (κ2) is 12.6. The van der Waals surface area contributed by atoms with Crippen LogP contribution in [-0.4, -0.2) is 85.2 Å². The quantitative estimate of drug-likeness (QED) is 0.388. The number of ether oxygens (including phenoxy) is 4. The van der Waals surface area contributed by atoms with Gasteiger partial charge in [-0.2, -0.15) is 0 Å². The Hall–Kier alpha value is -4.19. The molecule has 12 nitrogen and oxygen atoms in total. The van der Waals surface area contributed by atoms with Crippen LogP contribution in [0.1, 0.15) is 55.4 Å². The van der Waals surface area contributed by atoms with Gasteiger partial charge in [0.1, 0.15) is 29.2 Å². The van der Waals surface area contributed by atoms with Crippen LogP contribution < -0.4 is 20.5 Å². The molecular weight excluding hydrogens is 556 g/mol. The van der Waals surface area contributed by atoms with E-state index in [0.717, 1.165) is 25.7 Å². The summed E-state index contributed by atoms with van der Waals surface area (Å²) < 4.78 is 21.6. The van der Waals surface area contributed by atoms with Crippen LogP contribution in [0.2, 0.25) is 0 Å². The molecule has 1 saturated carbocycles. The fourth-order valence-electron chi connectivity index (χ4n) is 6.00. The molecular formula is C31H38N4O8. The van der Waals surface area contributed by atoms with Crippen molar-refractivity contribution in [3.63, 3.8) is 0 Å². The summed E-state index contributed by atoms with van der Waals surface area (Å²) in [6, 6.07) is 4.97. The number of carbonyl (C=O) groups excluding carboxylic acids is 4. The maximum atomic E-state index is 13.8. The fourth-order valence-corrected chi connectivity index (χ4v) is 6.00. The number of allylic oxidation sites excluding steroid dienone is 1. The van der Waals surface area contributed by atoms with Crippen LogP contribution in [0.4, 0.5) is 0 Å². The van der Waals surface area contributed by atoms with E-state index in [9.17, 15) is 19.2 Å². The SMILES string of the molecule is COC(=O)c1cc(O[C@@H]2C[C@H]3C(=O)N[C@]4(C(=O)OC)C[C@@H]4/C=C\CCCCC[C@H](N)C(=O)N3C2)c2ccc(OC)cc2n1. The van der Waals surface area contributed by atoms with Crippen molar-refractivity contribution in [3.8, 4) is 11.5 Å². The number of carbonyl (C=O) groups is 4. The van der Waals surface area contributed by atoms with Crippen molar-refractivity contribution >= 4 is 34.7 Å². The van der Waals surface area contributed by atoms with Crippen molar-refractivity contribution < 1.29 is 38.1 Å². The van der Waals surface area contributed by atoms with Gasteiger partial charge < -0.3 is 34.9 Å². The fraction of sp³-hybridized carbons (Fsp3) is 0.516. The number of nitrogens with one attached hydrogen (secondary N) is 1. The summed E-state index contributed by atoms with van der Waals surface area (Å²) in [5.74, 6) is -1.28. The lowest BCUT2D eigenvalue weighted by atomic mass is 10.1. The minimum atomic E-state index is -1.17. The summed E-state index contributed by atoms with van der Waals surface area (Å²) in [6.07, 6.45) is 7.91. The molecule has 2 aromatic rings. The third kappa shape index (κ3) is 6.15. The number of aromatic nitrogens is 1. The van der Waals surface area contributed by atoms with Gasteiger partial charge >= 0.3 is 11.9 Å². The van der Waals surface area contributed by atoms with E-state index < -0.39 is 41.6 Å². The molecule has 0 unspecified atom stereocenters. The molecule has 0 radical (unpaired) electrons. The zero-order valence-electron chi connectivity index (χ0n) is 24.7. The van der Waals surface area contributed by atoms with Gasteiger partial charge in [-0.3, -0.25) is 9.59 Å². The molecule has 230 valence electrons. The molecule has 1 aromatic carbocycles. The molecule has 1 saturated heterocycles. The van der Waals surface area contributed by atoms with Gasteiger partial charge in [-0.05, 0) is 37.8 Å². The van der Waals surface area contributed by atoms with Crippen molar-refractivity contribution in [1.82, 2.24) is 15.2 Å². The van der Waals surface area contributed by atoms with E-state index in [1.54, 1.807) is 18.2 Å².